The van der Waals surface area contributed by atoms with Crippen molar-refractivity contribution in [1.82, 2.24) is 19.7 Å². The number of halogens is 10. The molecular formula is C25H19F10N7O. The van der Waals surface area contributed by atoms with Gasteiger partial charge in [-0.15, -0.1) is 0 Å². The van der Waals surface area contributed by atoms with E-state index in [0.717, 1.165) is 0 Å². The van der Waals surface area contributed by atoms with Crippen molar-refractivity contribution < 1.29 is 48.7 Å². The largest absolute Gasteiger partial charge is 0.460 e. The average molecular weight is 623 g/mol. The van der Waals surface area contributed by atoms with Gasteiger partial charge in [0.05, 0.1) is 11.1 Å². The minimum Gasteiger partial charge on any atom is -0.383 e. The van der Waals surface area contributed by atoms with Gasteiger partial charge in [0, 0.05) is 22.9 Å². The van der Waals surface area contributed by atoms with Crippen LogP contribution in [0.1, 0.15) is 25.5 Å². The van der Waals surface area contributed by atoms with Crippen LogP contribution in [-0.2, 0) is 5.92 Å². The zero-order chi connectivity index (χ0) is 32.1. The molecule has 0 radical (unpaired) electrons. The number of nitrogens with one attached hydrogen (secondary N) is 2. The highest BCUT2D eigenvalue weighted by atomic mass is 19.4. The zero-order valence-electron chi connectivity index (χ0n) is 21.8. The third kappa shape index (κ3) is 5.36. The standard InChI is InChI=1S/C25H19F10N7O/c1-11(2)42-20-17(19(36)37-10-38-20)18(41-42)12-3-6-14(7-4-12)39-21(43)40-16-9-13(5-8-15(16)26)22(27,28)23(29,30)24(31,32)25(33,34)35/h3-11H,1-2H3,(H2,36,37,38)(H2,39,40,43). The normalized spacial score (nSPS) is 13.0. The van der Waals surface area contributed by atoms with E-state index in [0.29, 0.717) is 22.3 Å². The number of aromatic nitrogens is 4. The van der Waals surface area contributed by atoms with Crippen LogP contribution in [0.25, 0.3) is 22.3 Å². The number of fused-ring (bicyclic) bond motifs is 1. The van der Waals surface area contributed by atoms with Crippen LogP contribution >= 0.6 is 0 Å². The van der Waals surface area contributed by atoms with Crippen molar-refractivity contribution in [3.05, 3.63) is 60.2 Å². The van der Waals surface area contributed by atoms with E-state index in [9.17, 15) is 48.7 Å². The molecule has 0 aliphatic heterocycles. The first-order valence-corrected chi connectivity index (χ1v) is 12.0. The molecule has 2 amide bonds. The maximum Gasteiger partial charge on any atom is 0.460 e. The molecule has 8 nitrogen and oxygen atoms in total. The van der Waals surface area contributed by atoms with Crippen molar-refractivity contribution in [2.24, 2.45) is 0 Å². The SMILES string of the molecule is CC(C)n1nc(-c2ccc(NC(=O)Nc3cc(C(F)(F)C(F)(F)C(F)(F)C(F)(F)F)ccc3F)cc2)c2c(N)ncnc21. The van der Waals surface area contributed by atoms with Gasteiger partial charge in [-0.2, -0.15) is 44.6 Å². The molecule has 0 fully saturated rings. The quantitative estimate of drug-likeness (QED) is 0.186. The fourth-order valence-electron chi connectivity index (χ4n) is 3.93. The lowest BCUT2D eigenvalue weighted by atomic mass is 9.96. The molecule has 2 heterocycles. The molecule has 0 unspecified atom stereocenters. The molecule has 4 aromatic rings. The van der Waals surface area contributed by atoms with Gasteiger partial charge in [-0.25, -0.2) is 23.8 Å². The number of carbonyl (C=O) groups is 1. The Bertz CT molecular complexity index is 1670. The molecular weight excluding hydrogens is 604 g/mol. The van der Waals surface area contributed by atoms with Gasteiger partial charge in [0.15, 0.2) is 5.65 Å². The number of anilines is 3. The molecule has 0 aliphatic carbocycles. The fraction of sp³-hybridized carbons (Fsp3) is 0.280. The van der Waals surface area contributed by atoms with Crippen LogP contribution in [0.4, 0.5) is 65.9 Å². The molecule has 0 saturated carbocycles. The Labute approximate surface area is 234 Å². The Morgan fingerprint density at radius 1 is 0.884 bits per heavy atom. The number of alkyl halides is 9. The second kappa shape index (κ2) is 10.6. The number of amides is 2. The summed E-state index contributed by atoms with van der Waals surface area (Å²) < 4.78 is 136. The first-order valence-electron chi connectivity index (χ1n) is 12.0. The highest BCUT2D eigenvalue weighted by molar-refractivity contribution is 6.01. The van der Waals surface area contributed by atoms with E-state index < -0.39 is 47.0 Å². The lowest BCUT2D eigenvalue weighted by molar-refractivity contribution is -0.399. The number of carbonyl (C=O) groups excluding carboxylic acids is 1. The van der Waals surface area contributed by atoms with Gasteiger partial charge in [0.1, 0.15) is 23.7 Å². The average Bonchev–Trinajstić information content (AvgIpc) is 3.31. The van der Waals surface area contributed by atoms with Gasteiger partial charge in [-0.3, -0.25) is 0 Å². The van der Waals surface area contributed by atoms with Gasteiger partial charge >= 0.3 is 30.0 Å². The number of hydrogen-bond acceptors (Lipinski definition) is 5. The summed E-state index contributed by atoms with van der Waals surface area (Å²) in [5.41, 5.74) is 4.13. The summed E-state index contributed by atoms with van der Waals surface area (Å²) in [6.45, 7) is 3.73. The number of urea groups is 1. The van der Waals surface area contributed by atoms with E-state index in [4.69, 9.17) is 5.73 Å². The highest BCUT2D eigenvalue weighted by Gasteiger charge is 2.82. The third-order valence-electron chi connectivity index (χ3n) is 6.15. The second-order valence-electron chi connectivity index (χ2n) is 9.42. The third-order valence-corrected chi connectivity index (χ3v) is 6.15. The number of nitrogens with zero attached hydrogens (tertiary/aromatic N) is 4. The van der Waals surface area contributed by atoms with Gasteiger partial charge in [0.2, 0.25) is 0 Å². The summed E-state index contributed by atoms with van der Waals surface area (Å²) >= 11 is 0. The van der Waals surface area contributed by atoms with Crippen molar-refractivity contribution in [3.8, 4) is 11.3 Å². The molecule has 4 N–H and O–H groups in total. The minimum atomic E-state index is -7.15. The number of rotatable bonds is 7. The number of nitrogen functional groups attached to an aromatic ring is 1. The molecule has 230 valence electrons. The van der Waals surface area contributed by atoms with Gasteiger partial charge in [-0.05, 0) is 44.2 Å². The van der Waals surface area contributed by atoms with Crippen molar-refractivity contribution in [1.29, 1.82) is 0 Å². The van der Waals surface area contributed by atoms with Crippen molar-refractivity contribution in [2.45, 2.75) is 43.8 Å². The van der Waals surface area contributed by atoms with Crippen LogP contribution in [-0.4, -0.2) is 43.8 Å². The Morgan fingerprint density at radius 2 is 1.51 bits per heavy atom. The van der Waals surface area contributed by atoms with Crippen molar-refractivity contribution in [3.63, 3.8) is 0 Å². The van der Waals surface area contributed by atoms with E-state index in [1.165, 1.54) is 30.6 Å². The predicted molar refractivity (Wildman–Crippen MR) is 134 cm³/mol. The molecule has 0 atom stereocenters. The molecule has 4 rings (SSSR count). The van der Waals surface area contributed by atoms with Crippen LogP contribution in [0, 0.1) is 5.82 Å². The van der Waals surface area contributed by atoms with E-state index in [2.05, 4.69) is 20.4 Å². The van der Waals surface area contributed by atoms with Crippen LogP contribution in [0.3, 0.4) is 0 Å². The Hall–Kier alpha value is -4.64. The molecule has 0 bridgehead atoms. The molecule has 43 heavy (non-hydrogen) atoms. The fourth-order valence-corrected chi connectivity index (χ4v) is 3.93. The molecule has 18 heteroatoms. The van der Waals surface area contributed by atoms with E-state index in [1.807, 2.05) is 13.8 Å². The Morgan fingerprint density at radius 3 is 2.09 bits per heavy atom. The minimum absolute atomic E-state index is 0.0521. The molecule has 0 aliphatic rings. The van der Waals surface area contributed by atoms with Crippen LogP contribution in [0.15, 0.2) is 48.8 Å². The van der Waals surface area contributed by atoms with Crippen molar-refractivity contribution >= 4 is 34.3 Å². The maximum absolute atomic E-state index is 14.3. The second-order valence-corrected chi connectivity index (χ2v) is 9.42. The van der Waals surface area contributed by atoms with E-state index >= 15 is 0 Å². The van der Waals surface area contributed by atoms with Crippen LogP contribution in [0.5, 0.6) is 0 Å². The lowest BCUT2D eigenvalue weighted by Gasteiger charge is -2.34. The number of benzene rings is 2. The van der Waals surface area contributed by atoms with Crippen molar-refractivity contribution in [2.75, 3.05) is 16.4 Å². The van der Waals surface area contributed by atoms with E-state index in [-0.39, 0.29) is 35.7 Å². The van der Waals surface area contributed by atoms with Gasteiger partial charge in [-0.1, -0.05) is 12.1 Å². The van der Waals surface area contributed by atoms with Crippen LogP contribution < -0.4 is 16.4 Å². The summed E-state index contributed by atoms with van der Waals surface area (Å²) in [4.78, 5) is 20.6. The summed E-state index contributed by atoms with van der Waals surface area (Å²) in [7, 11) is 0. The lowest BCUT2D eigenvalue weighted by Crippen LogP contribution is -2.59. The monoisotopic (exact) mass is 623 g/mol. The topological polar surface area (TPSA) is 111 Å². The molecule has 0 spiro atoms. The summed E-state index contributed by atoms with van der Waals surface area (Å²) in [5, 5.41) is 8.91. The Kier molecular flexibility index (Phi) is 7.69. The summed E-state index contributed by atoms with van der Waals surface area (Å²) in [6, 6.07) is 4.11. The first kappa shape index (κ1) is 31.3. The van der Waals surface area contributed by atoms with Gasteiger partial charge in [0.25, 0.3) is 0 Å². The molecule has 0 saturated heterocycles. The Balaban J connectivity index is 1.56. The van der Waals surface area contributed by atoms with Gasteiger partial charge < -0.3 is 16.4 Å². The summed E-state index contributed by atoms with van der Waals surface area (Å²) in [5.74, 6) is -21.6. The maximum atomic E-state index is 14.3. The number of hydrogen-bond donors (Lipinski definition) is 3. The highest BCUT2D eigenvalue weighted by Crippen LogP contribution is 2.56. The number of nitrogens with two attached hydrogens (primary N) is 1. The summed E-state index contributed by atoms with van der Waals surface area (Å²) in [6.07, 6.45) is -5.75. The molecule has 2 aromatic carbocycles. The zero-order valence-corrected chi connectivity index (χ0v) is 21.8. The predicted octanol–water partition coefficient (Wildman–Crippen LogP) is 7.36. The smallest absolute Gasteiger partial charge is 0.383 e. The van der Waals surface area contributed by atoms with Crippen LogP contribution in [0.2, 0.25) is 0 Å². The van der Waals surface area contributed by atoms with E-state index in [1.54, 1.807) is 10.00 Å². The first-order chi connectivity index (χ1) is 19.8. The molecule has 2 aromatic heterocycles.